The topological polar surface area (TPSA) is 80.0 Å². The van der Waals surface area contributed by atoms with E-state index in [2.05, 4.69) is 15.7 Å². The van der Waals surface area contributed by atoms with Crippen LogP contribution in [0.3, 0.4) is 0 Å². The fourth-order valence-corrected chi connectivity index (χ4v) is 4.62. The molecule has 0 aliphatic heterocycles. The molecule has 6 nitrogen and oxygen atoms in total. The van der Waals surface area contributed by atoms with E-state index >= 15 is 0 Å². The largest absolute Gasteiger partial charge is 0.356 e. The van der Waals surface area contributed by atoms with Gasteiger partial charge in [-0.2, -0.15) is 14.9 Å². The molecule has 5 aromatic rings. The first-order valence-electron chi connectivity index (χ1n) is 8.26. The summed E-state index contributed by atoms with van der Waals surface area (Å²) in [5, 5.41) is 23.4. The summed E-state index contributed by atoms with van der Waals surface area (Å²) in [7, 11) is 0. The first-order chi connectivity index (χ1) is 13.7. The Morgan fingerprint density at radius 3 is 2.82 bits per heavy atom. The van der Waals surface area contributed by atoms with Crippen LogP contribution in [0.4, 0.5) is 0 Å². The van der Waals surface area contributed by atoms with E-state index in [1.165, 1.54) is 11.3 Å². The van der Waals surface area contributed by atoms with Gasteiger partial charge in [0.1, 0.15) is 21.1 Å². The zero-order valence-corrected chi connectivity index (χ0v) is 16.6. The van der Waals surface area contributed by atoms with Crippen molar-refractivity contribution in [1.82, 2.24) is 19.8 Å². The highest BCUT2D eigenvalue weighted by molar-refractivity contribution is 8.03. The third kappa shape index (κ3) is 2.94. The molecule has 2 aromatic carbocycles. The van der Waals surface area contributed by atoms with E-state index in [9.17, 15) is 5.26 Å². The van der Waals surface area contributed by atoms with Crippen LogP contribution in [0.5, 0.6) is 0 Å². The zero-order chi connectivity index (χ0) is 19.1. The Labute approximate surface area is 172 Å². The van der Waals surface area contributed by atoms with Crippen molar-refractivity contribution < 1.29 is 4.52 Å². The number of imidazole rings is 1. The van der Waals surface area contributed by atoms with Gasteiger partial charge in [-0.15, -0.1) is 0 Å². The monoisotopic (exact) mass is 423 g/mol. The van der Waals surface area contributed by atoms with E-state index < -0.39 is 0 Å². The molecule has 3 aromatic heterocycles. The molecule has 28 heavy (non-hydrogen) atoms. The smallest absolute Gasteiger partial charge is 0.213 e. The second-order valence-electron chi connectivity index (χ2n) is 5.96. The summed E-state index contributed by atoms with van der Waals surface area (Å²) in [6, 6.07) is 15.1. The summed E-state index contributed by atoms with van der Waals surface area (Å²) < 4.78 is 7.09. The van der Waals surface area contributed by atoms with E-state index in [1.807, 2.05) is 36.4 Å². The van der Waals surface area contributed by atoms with Crippen molar-refractivity contribution in [3.8, 4) is 16.7 Å². The van der Waals surface area contributed by atoms with Crippen molar-refractivity contribution in [2.24, 2.45) is 0 Å². The fraction of sp³-hybridized carbons (Fsp3) is 0.0526. The molecule has 0 amide bonds. The molecule has 3 heterocycles. The molecular formula is C19H10ClN5OS2. The molecular weight excluding hydrogens is 414 g/mol. The molecule has 0 saturated heterocycles. The summed E-state index contributed by atoms with van der Waals surface area (Å²) in [5.41, 5.74) is 3.20. The third-order valence-electron chi connectivity index (χ3n) is 4.24. The number of aromatic nitrogens is 4. The molecule has 5 rings (SSSR count). The lowest BCUT2D eigenvalue weighted by atomic mass is 10.2. The normalized spacial score (nSPS) is 11.3. The second kappa shape index (κ2) is 6.95. The molecule has 0 aliphatic carbocycles. The number of hydrogen-bond donors (Lipinski definition) is 0. The number of benzene rings is 2. The van der Waals surface area contributed by atoms with Gasteiger partial charge in [-0.1, -0.05) is 52.4 Å². The Kier molecular flexibility index (Phi) is 4.28. The van der Waals surface area contributed by atoms with Crippen molar-refractivity contribution in [1.29, 1.82) is 5.26 Å². The number of hydrogen-bond acceptors (Lipinski definition) is 7. The first kappa shape index (κ1) is 17.3. The Bertz CT molecular complexity index is 1350. The minimum atomic E-state index is 0.540. The lowest BCUT2D eigenvalue weighted by Crippen LogP contribution is -1.93. The van der Waals surface area contributed by atoms with Gasteiger partial charge >= 0.3 is 0 Å². The molecule has 0 fully saturated rings. The highest BCUT2D eigenvalue weighted by atomic mass is 35.5. The lowest BCUT2D eigenvalue weighted by molar-refractivity contribution is 0.448. The maximum Gasteiger partial charge on any atom is 0.213 e. The number of nitrogens with zero attached hydrogens (tertiary/aromatic N) is 5. The summed E-state index contributed by atoms with van der Waals surface area (Å²) in [5.74, 6) is 0. The fourth-order valence-electron chi connectivity index (χ4n) is 2.98. The molecule has 0 N–H and O–H groups in total. The van der Waals surface area contributed by atoms with Gasteiger partial charge in [0.2, 0.25) is 4.96 Å². The van der Waals surface area contributed by atoms with Crippen LogP contribution in [0.15, 0.2) is 58.1 Å². The van der Waals surface area contributed by atoms with E-state index in [4.69, 9.17) is 21.1 Å². The summed E-state index contributed by atoms with van der Waals surface area (Å²) in [6.07, 6.45) is 0.540. The number of thiocyanates is 1. The molecule has 136 valence electrons. The molecule has 9 heteroatoms. The Morgan fingerprint density at radius 1 is 1.18 bits per heavy atom. The number of thioether (sulfide) groups is 1. The summed E-state index contributed by atoms with van der Waals surface area (Å²) >= 11 is 8.50. The van der Waals surface area contributed by atoms with Crippen LogP contribution >= 0.6 is 34.7 Å². The number of para-hydroxylation sites is 1. The SMILES string of the molecule is N#CSc1c(-c2ccc(Cl)cc2)nc2sc(Cc3noc4ccccc34)nn12. The van der Waals surface area contributed by atoms with Gasteiger partial charge < -0.3 is 4.52 Å². The highest BCUT2D eigenvalue weighted by Crippen LogP contribution is 2.34. The van der Waals surface area contributed by atoms with Crippen LogP contribution in [0.1, 0.15) is 10.7 Å². The van der Waals surface area contributed by atoms with Crippen molar-refractivity contribution in [2.75, 3.05) is 0 Å². The van der Waals surface area contributed by atoms with Crippen molar-refractivity contribution >= 4 is 50.6 Å². The van der Waals surface area contributed by atoms with E-state index in [0.29, 0.717) is 16.5 Å². The number of rotatable bonds is 4. The van der Waals surface area contributed by atoms with Gasteiger partial charge in [0.25, 0.3) is 0 Å². The zero-order valence-electron chi connectivity index (χ0n) is 14.2. The Hall–Kier alpha value is -2.86. The number of fused-ring (bicyclic) bond motifs is 2. The highest BCUT2D eigenvalue weighted by Gasteiger charge is 2.20. The Morgan fingerprint density at radius 2 is 2.00 bits per heavy atom. The quantitative estimate of drug-likeness (QED) is 0.284. The van der Waals surface area contributed by atoms with Crippen LogP contribution < -0.4 is 0 Å². The molecule has 0 unspecified atom stereocenters. The first-order valence-corrected chi connectivity index (χ1v) is 10.3. The van der Waals surface area contributed by atoms with Gasteiger partial charge in [0, 0.05) is 34.2 Å². The van der Waals surface area contributed by atoms with Crippen LogP contribution in [0.2, 0.25) is 5.02 Å². The van der Waals surface area contributed by atoms with Gasteiger partial charge in [0.15, 0.2) is 5.58 Å². The molecule has 0 atom stereocenters. The standard InChI is InChI=1S/C19H10ClN5OS2/c20-12-7-5-11(6-8-12)17-18(27-10-21)25-19(22-17)28-16(23-25)9-14-13-3-1-2-4-15(13)26-24-14/h1-8H,9H2. The average Bonchev–Trinajstić information content (AvgIpc) is 3.38. The van der Waals surface area contributed by atoms with E-state index in [-0.39, 0.29) is 0 Å². The molecule has 0 radical (unpaired) electrons. The summed E-state index contributed by atoms with van der Waals surface area (Å²) in [6.45, 7) is 0. The lowest BCUT2D eigenvalue weighted by Gasteiger charge is -2.00. The number of halogens is 1. The van der Waals surface area contributed by atoms with Crippen molar-refractivity contribution in [2.45, 2.75) is 11.4 Å². The van der Waals surface area contributed by atoms with E-state index in [1.54, 1.807) is 16.6 Å². The van der Waals surface area contributed by atoms with E-state index in [0.717, 1.165) is 49.7 Å². The molecule has 0 spiro atoms. The predicted octanol–water partition coefficient (Wildman–Crippen LogP) is 5.42. The minimum absolute atomic E-state index is 0.540. The number of nitriles is 1. The summed E-state index contributed by atoms with van der Waals surface area (Å²) in [4.78, 5) is 5.43. The van der Waals surface area contributed by atoms with Gasteiger partial charge in [-0.05, 0) is 24.3 Å². The second-order valence-corrected chi connectivity index (χ2v) is 8.21. The molecule has 0 bridgehead atoms. The Balaban J connectivity index is 1.56. The predicted molar refractivity (Wildman–Crippen MR) is 110 cm³/mol. The van der Waals surface area contributed by atoms with Crippen molar-refractivity contribution in [3.05, 3.63) is 64.3 Å². The van der Waals surface area contributed by atoms with Crippen molar-refractivity contribution in [3.63, 3.8) is 0 Å². The van der Waals surface area contributed by atoms with Crippen LogP contribution in [0.25, 0.3) is 27.2 Å². The molecule has 0 aliphatic rings. The van der Waals surface area contributed by atoms with Crippen LogP contribution in [-0.4, -0.2) is 19.8 Å². The third-order valence-corrected chi connectivity index (χ3v) is 6.05. The van der Waals surface area contributed by atoms with Gasteiger partial charge in [-0.3, -0.25) is 0 Å². The van der Waals surface area contributed by atoms with Gasteiger partial charge in [-0.25, -0.2) is 4.98 Å². The maximum atomic E-state index is 9.25. The minimum Gasteiger partial charge on any atom is -0.356 e. The average molecular weight is 424 g/mol. The molecule has 0 saturated carbocycles. The van der Waals surface area contributed by atoms with Crippen LogP contribution in [-0.2, 0) is 6.42 Å². The van der Waals surface area contributed by atoms with Crippen LogP contribution in [0, 0.1) is 10.7 Å². The maximum absolute atomic E-state index is 9.25. The van der Waals surface area contributed by atoms with Gasteiger partial charge in [0.05, 0.1) is 5.69 Å².